The van der Waals surface area contributed by atoms with Gasteiger partial charge in [-0.15, -0.1) is 0 Å². The van der Waals surface area contributed by atoms with Gasteiger partial charge in [0.25, 0.3) is 0 Å². The highest BCUT2D eigenvalue weighted by atomic mass is 32.2. The Morgan fingerprint density at radius 3 is 2.52 bits per heavy atom. The largest absolute Gasteiger partial charge is 0.496 e. The molecule has 2 rings (SSSR count). The summed E-state index contributed by atoms with van der Waals surface area (Å²) in [6.45, 7) is 3.35. The van der Waals surface area contributed by atoms with Crippen LogP contribution in [0.2, 0.25) is 0 Å². The number of hydrogen-bond acceptors (Lipinski definition) is 4. The highest BCUT2D eigenvalue weighted by Gasteiger charge is 2.18. The maximum Gasteiger partial charge on any atom is 0.123 e. The molecule has 1 atom stereocenters. The number of methoxy groups -OCH3 is 2. The van der Waals surface area contributed by atoms with E-state index in [1.165, 1.54) is 36.1 Å². The number of rotatable bonds is 8. The molecular weight excluding hydrogens is 282 g/mol. The molecule has 0 amide bonds. The number of thioether (sulfide) groups is 1. The highest BCUT2D eigenvalue weighted by molar-refractivity contribution is 7.98. The molecule has 1 N–H and O–H groups in total. The molecule has 1 aromatic rings. The van der Waals surface area contributed by atoms with Gasteiger partial charge < -0.3 is 14.8 Å². The Morgan fingerprint density at radius 2 is 1.90 bits per heavy atom. The van der Waals surface area contributed by atoms with Gasteiger partial charge in [-0.3, -0.25) is 0 Å². The van der Waals surface area contributed by atoms with E-state index in [-0.39, 0.29) is 0 Å². The van der Waals surface area contributed by atoms with Gasteiger partial charge in [-0.2, -0.15) is 11.8 Å². The van der Waals surface area contributed by atoms with Crippen molar-refractivity contribution in [3.8, 4) is 11.5 Å². The third-order valence-corrected chi connectivity index (χ3v) is 5.13. The smallest absolute Gasteiger partial charge is 0.123 e. The quantitative estimate of drug-likeness (QED) is 0.743. The summed E-state index contributed by atoms with van der Waals surface area (Å²) in [6, 6.07) is 4.90. The minimum absolute atomic E-state index is 0.573. The van der Waals surface area contributed by atoms with E-state index >= 15 is 0 Å². The lowest BCUT2D eigenvalue weighted by molar-refractivity contribution is 0.394. The highest BCUT2D eigenvalue weighted by Crippen LogP contribution is 2.33. The zero-order chi connectivity index (χ0) is 15.1. The second kappa shape index (κ2) is 8.54. The first-order valence-electron chi connectivity index (χ1n) is 7.83. The molecule has 0 aromatic heterocycles. The van der Waals surface area contributed by atoms with Crippen LogP contribution in [0.15, 0.2) is 12.1 Å². The van der Waals surface area contributed by atoms with Crippen LogP contribution in [0.3, 0.4) is 0 Å². The van der Waals surface area contributed by atoms with E-state index in [4.69, 9.17) is 9.47 Å². The molecule has 0 aliphatic carbocycles. The van der Waals surface area contributed by atoms with Crippen LogP contribution in [-0.4, -0.2) is 32.6 Å². The average Bonchev–Trinajstić information content (AvgIpc) is 3.01. The maximum absolute atomic E-state index is 5.61. The first-order valence-corrected chi connectivity index (χ1v) is 8.98. The van der Waals surface area contributed by atoms with Gasteiger partial charge in [-0.25, -0.2) is 0 Å². The van der Waals surface area contributed by atoms with Crippen LogP contribution in [0, 0.1) is 0 Å². The normalized spacial score (nSPS) is 18.0. The Morgan fingerprint density at radius 1 is 1.19 bits per heavy atom. The Labute approximate surface area is 132 Å². The van der Waals surface area contributed by atoms with Gasteiger partial charge in [0.1, 0.15) is 11.5 Å². The summed E-state index contributed by atoms with van der Waals surface area (Å²) in [5.74, 6) is 4.15. The Kier molecular flexibility index (Phi) is 6.71. The number of benzene rings is 1. The fourth-order valence-corrected chi connectivity index (χ4v) is 3.70. The molecular formula is C17H27NO2S. The summed E-state index contributed by atoms with van der Waals surface area (Å²) in [5.41, 5.74) is 2.48. The number of hydrogen-bond donors (Lipinski definition) is 1. The Balaban J connectivity index is 2.15. The zero-order valence-corrected chi connectivity index (χ0v) is 14.2. The van der Waals surface area contributed by atoms with Crippen LogP contribution in [0.5, 0.6) is 11.5 Å². The Bertz CT molecular complexity index is 445. The van der Waals surface area contributed by atoms with E-state index in [0.717, 1.165) is 30.2 Å². The molecule has 4 heteroatoms. The minimum Gasteiger partial charge on any atom is -0.496 e. The van der Waals surface area contributed by atoms with Crippen molar-refractivity contribution < 1.29 is 9.47 Å². The topological polar surface area (TPSA) is 30.5 Å². The lowest BCUT2D eigenvalue weighted by Crippen LogP contribution is -2.23. The summed E-state index contributed by atoms with van der Waals surface area (Å²) in [6.07, 6.45) is 4.74. The van der Waals surface area contributed by atoms with Crippen molar-refractivity contribution >= 4 is 11.8 Å². The van der Waals surface area contributed by atoms with E-state index < -0.39 is 0 Å². The molecule has 0 bridgehead atoms. The molecule has 118 valence electrons. The standard InChI is InChI=1S/C17H27NO2S/c1-4-8-21-12-14-11-16(19-2)13(10-17(14)20-3)9-15-6-5-7-18-15/h10-11,15,18H,4-9,12H2,1-3H3. The molecule has 0 spiro atoms. The van der Waals surface area contributed by atoms with Gasteiger partial charge in [-0.1, -0.05) is 6.92 Å². The average molecular weight is 309 g/mol. The summed E-state index contributed by atoms with van der Waals surface area (Å²) in [5, 5.41) is 3.55. The molecule has 1 aromatic carbocycles. The van der Waals surface area contributed by atoms with Crippen LogP contribution in [-0.2, 0) is 12.2 Å². The van der Waals surface area contributed by atoms with E-state index in [9.17, 15) is 0 Å². The fourth-order valence-electron chi connectivity index (χ4n) is 2.82. The molecule has 0 saturated carbocycles. The van der Waals surface area contributed by atoms with Crippen LogP contribution >= 0.6 is 11.8 Å². The van der Waals surface area contributed by atoms with Crippen LogP contribution < -0.4 is 14.8 Å². The van der Waals surface area contributed by atoms with Gasteiger partial charge in [0.05, 0.1) is 14.2 Å². The lowest BCUT2D eigenvalue weighted by Gasteiger charge is -2.17. The first-order chi connectivity index (χ1) is 10.3. The first kappa shape index (κ1) is 16.5. The summed E-state index contributed by atoms with van der Waals surface area (Å²) >= 11 is 1.95. The van der Waals surface area contributed by atoms with Crippen LogP contribution in [0.4, 0.5) is 0 Å². The predicted molar refractivity (Wildman–Crippen MR) is 90.7 cm³/mol. The number of nitrogens with one attached hydrogen (secondary N) is 1. The van der Waals surface area contributed by atoms with Crippen molar-refractivity contribution in [2.24, 2.45) is 0 Å². The summed E-state index contributed by atoms with van der Waals surface area (Å²) in [7, 11) is 3.52. The van der Waals surface area contributed by atoms with Crippen molar-refractivity contribution in [1.82, 2.24) is 5.32 Å². The molecule has 1 aliphatic rings. The van der Waals surface area contributed by atoms with E-state index in [1.54, 1.807) is 14.2 Å². The van der Waals surface area contributed by atoms with Crippen molar-refractivity contribution in [1.29, 1.82) is 0 Å². The summed E-state index contributed by atoms with van der Waals surface area (Å²) in [4.78, 5) is 0. The van der Waals surface area contributed by atoms with Gasteiger partial charge in [-0.05, 0) is 55.7 Å². The van der Waals surface area contributed by atoms with E-state index in [0.29, 0.717) is 6.04 Å². The Hall–Kier alpha value is -0.870. The van der Waals surface area contributed by atoms with Gasteiger partial charge >= 0.3 is 0 Å². The van der Waals surface area contributed by atoms with Crippen molar-refractivity contribution in [3.05, 3.63) is 23.3 Å². The minimum atomic E-state index is 0.573. The number of ether oxygens (including phenoxy) is 2. The van der Waals surface area contributed by atoms with Gasteiger partial charge in [0, 0.05) is 17.4 Å². The van der Waals surface area contributed by atoms with Crippen molar-refractivity contribution in [2.75, 3.05) is 26.5 Å². The molecule has 1 heterocycles. The molecule has 1 aliphatic heterocycles. The molecule has 1 saturated heterocycles. The molecule has 1 unspecified atom stereocenters. The monoisotopic (exact) mass is 309 g/mol. The van der Waals surface area contributed by atoms with Gasteiger partial charge in [0.2, 0.25) is 0 Å². The second-order valence-corrected chi connectivity index (χ2v) is 6.63. The fraction of sp³-hybridized carbons (Fsp3) is 0.647. The SMILES string of the molecule is CCCSCc1cc(OC)c(CC2CCCN2)cc1OC. The van der Waals surface area contributed by atoms with E-state index in [2.05, 4.69) is 24.4 Å². The van der Waals surface area contributed by atoms with Crippen molar-refractivity contribution in [2.45, 2.75) is 44.4 Å². The maximum atomic E-state index is 5.61. The third kappa shape index (κ3) is 4.55. The lowest BCUT2D eigenvalue weighted by atomic mass is 10.0. The van der Waals surface area contributed by atoms with Crippen LogP contribution in [0.25, 0.3) is 0 Å². The van der Waals surface area contributed by atoms with Crippen LogP contribution in [0.1, 0.15) is 37.3 Å². The van der Waals surface area contributed by atoms with Crippen molar-refractivity contribution in [3.63, 3.8) is 0 Å². The van der Waals surface area contributed by atoms with E-state index in [1.807, 2.05) is 11.8 Å². The summed E-state index contributed by atoms with van der Waals surface area (Å²) < 4.78 is 11.2. The third-order valence-electron chi connectivity index (χ3n) is 3.92. The molecule has 21 heavy (non-hydrogen) atoms. The predicted octanol–water partition coefficient (Wildman–Crippen LogP) is 3.64. The zero-order valence-electron chi connectivity index (χ0n) is 13.4. The molecule has 3 nitrogen and oxygen atoms in total. The molecule has 1 fully saturated rings. The second-order valence-electron chi connectivity index (χ2n) is 5.53. The van der Waals surface area contributed by atoms with Gasteiger partial charge in [0.15, 0.2) is 0 Å². The molecule has 0 radical (unpaired) electrons.